The number of carbonyl (C=O) groups excluding carboxylic acids is 1. The molecule has 0 amide bonds. The van der Waals surface area contributed by atoms with E-state index >= 15 is 0 Å². The van der Waals surface area contributed by atoms with Gasteiger partial charge in [-0.05, 0) is 32.6 Å². The zero-order valence-corrected chi connectivity index (χ0v) is 10.5. The van der Waals surface area contributed by atoms with Gasteiger partial charge in [0.25, 0.3) is 0 Å². The molecule has 1 unspecified atom stereocenters. The molecule has 1 aliphatic carbocycles. The molecule has 16 heavy (non-hydrogen) atoms. The fourth-order valence-electron chi connectivity index (χ4n) is 2.17. The first-order valence-corrected chi connectivity index (χ1v) is 6.49. The van der Waals surface area contributed by atoms with Crippen molar-refractivity contribution < 1.29 is 14.3 Å². The molecule has 1 atom stereocenters. The average molecular weight is 228 g/mol. The number of esters is 1. The van der Waals surface area contributed by atoms with Gasteiger partial charge in [0, 0.05) is 6.61 Å². The van der Waals surface area contributed by atoms with E-state index in [1.165, 1.54) is 32.1 Å². The fourth-order valence-corrected chi connectivity index (χ4v) is 2.17. The summed E-state index contributed by atoms with van der Waals surface area (Å²) in [5.41, 5.74) is 0. The standard InChI is InChI=1S/C13H24O3/c1-3-15-13(14)9-11(2)16-10-12-7-5-4-6-8-12/h11-12H,3-10H2,1-2H3. The number of ether oxygens (including phenoxy) is 2. The number of hydrogen-bond acceptors (Lipinski definition) is 3. The van der Waals surface area contributed by atoms with Gasteiger partial charge in [0.15, 0.2) is 0 Å². The van der Waals surface area contributed by atoms with Gasteiger partial charge in [0.1, 0.15) is 0 Å². The van der Waals surface area contributed by atoms with Crippen LogP contribution in [-0.4, -0.2) is 25.3 Å². The highest BCUT2D eigenvalue weighted by Gasteiger charge is 2.16. The molecule has 0 bridgehead atoms. The van der Waals surface area contributed by atoms with Gasteiger partial charge in [-0.2, -0.15) is 0 Å². The molecule has 3 nitrogen and oxygen atoms in total. The van der Waals surface area contributed by atoms with E-state index in [-0.39, 0.29) is 12.1 Å². The summed E-state index contributed by atoms with van der Waals surface area (Å²) < 4.78 is 10.6. The molecule has 0 radical (unpaired) electrons. The summed E-state index contributed by atoms with van der Waals surface area (Å²) in [6, 6.07) is 0. The molecule has 0 N–H and O–H groups in total. The first-order valence-electron chi connectivity index (χ1n) is 6.49. The Balaban J connectivity index is 2.08. The SMILES string of the molecule is CCOC(=O)CC(C)OCC1CCCCC1. The molecule has 1 aliphatic rings. The number of hydrogen-bond donors (Lipinski definition) is 0. The molecular formula is C13H24O3. The maximum Gasteiger partial charge on any atom is 0.308 e. The van der Waals surface area contributed by atoms with Gasteiger partial charge in [-0.15, -0.1) is 0 Å². The van der Waals surface area contributed by atoms with Crippen LogP contribution in [0.3, 0.4) is 0 Å². The summed E-state index contributed by atoms with van der Waals surface area (Å²) in [5.74, 6) is 0.553. The summed E-state index contributed by atoms with van der Waals surface area (Å²) in [6.07, 6.45) is 6.97. The van der Waals surface area contributed by atoms with Crippen molar-refractivity contribution in [2.75, 3.05) is 13.2 Å². The molecule has 0 saturated heterocycles. The van der Waals surface area contributed by atoms with Crippen molar-refractivity contribution in [2.45, 2.75) is 58.5 Å². The Morgan fingerprint density at radius 1 is 1.31 bits per heavy atom. The van der Waals surface area contributed by atoms with Crippen LogP contribution in [0.5, 0.6) is 0 Å². The molecule has 0 aromatic carbocycles. The predicted molar refractivity (Wildman–Crippen MR) is 63.2 cm³/mol. The minimum absolute atomic E-state index is 0.0130. The van der Waals surface area contributed by atoms with Crippen LogP contribution in [0.1, 0.15) is 52.4 Å². The Kier molecular flexibility index (Phi) is 6.46. The van der Waals surface area contributed by atoms with Crippen molar-refractivity contribution in [3.8, 4) is 0 Å². The van der Waals surface area contributed by atoms with Crippen molar-refractivity contribution in [1.29, 1.82) is 0 Å². The van der Waals surface area contributed by atoms with E-state index in [0.717, 1.165) is 6.61 Å². The van der Waals surface area contributed by atoms with Gasteiger partial charge in [0.05, 0.1) is 19.1 Å². The van der Waals surface area contributed by atoms with E-state index in [9.17, 15) is 4.79 Å². The largest absolute Gasteiger partial charge is 0.466 e. The zero-order chi connectivity index (χ0) is 11.8. The second kappa shape index (κ2) is 7.66. The van der Waals surface area contributed by atoms with Crippen molar-refractivity contribution >= 4 is 5.97 Å². The Morgan fingerprint density at radius 2 is 2.00 bits per heavy atom. The second-order valence-electron chi connectivity index (χ2n) is 4.66. The smallest absolute Gasteiger partial charge is 0.308 e. The molecule has 94 valence electrons. The van der Waals surface area contributed by atoms with E-state index in [1.54, 1.807) is 0 Å². The summed E-state index contributed by atoms with van der Waals surface area (Å²) in [7, 11) is 0. The molecule has 0 spiro atoms. The van der Waals surface area contributed by atoms with Crippen molar-refractivity contribution in [3.63, 3.8) is 0 Å². The monoisotopic (exact) mass is 228 g/mol. The van der Waals surface area contributed by atoms with Crippen LogP contribution < -0.4 is 0 Å². The van der Waals surface area contributed by atoms with Crippen LogP contribution in [0.4, 0.5) is 0 Å². The zero-order valence-electron chi connectivity index (χ0n) is 10.5. The van der Waals surface area contributed by atoms with Gasteiger partial charge >= 0.3 is 5.97 Å². The van der Waals surface area contributed by atoms with Crippen LogP contribution in [-0.2, 0) is 14.3 Å². The van der Waals surface area contributed by atoms with Gasteiger partial charge in [0.2, 0.25) is 0 Å². The topological polar surface area (TPSA) is 35.5 Å². The molecule has 3 heteroatoms. The third kappa shape index (κ3) is 5.50. The van der Waals surface area contributed by atoms with Crippen molar-refractivity contribution in [3.05, 3.63) is 0 Å². The maximum atomic E-state index is 11.2. The predicted octanol–water partition coefficient (Wildman–Crippen LogP) is 2.93. The molecule has 0 aromatic heterocycles. The Bertz CT molecular complexity index is 197. The lowest BCUT2D eigenvalue weighted by Gasteiger charge is -2.23. The molecule has 1 rings (SSSR count). The lowest BCUT2D eigenvalue weighted by atomic mass is 9.90. The highest BCUT2D eigenvalue weighted by atomic mass is 16.5. The lowest BCUT2D eigenvalue weighted by Crippen LogP contribution is -2.21. The Morgan fingerprint density at radius 3 is 2.62 bits per heavy atom. The van der Waals surface area contributed by atoms with Crippen LogP contribution in [0.2, 0.25) is 0 Å². The Hall–Kier alpha value is -0.570. The summed E-state index contributed by atoms with van der Waals surface area (Å²) >= 11 is 0. The van der Waals surface area contributed by atoms with Crippen LogP contribution in [0, 0.1) is 5.92 Å². The lowest BCUT2D eigenvalue weighted by molar-refractivity contribution is -0.146. The van der Waals surface area contributed by atoms with Crippen LogP contribution >= 0.6 is 0 Å². The second-order valence-corrected chi connectivity index (χ2v) is 4.66. The van der Waals surface area contributed by atoms with E-state index in [0.29, 0.717) is 18.9 Å². The first kappa shape index (κ1) is 13.5. The molecule has 1 fully saturated rings. The Labute approximate surface area is 98.5 Å². The van der Waals surface area contributed by atoms with E-state index in [2.05, 4.69) is 0 Å². The summed E-state index contributed by atoms with van der Waals surface area (Å²) in [5, 5.41) is 0. The quantitative estimate of drug-likeness (QED) is 0.656. The molecular weight excluding hydrogens is 204 g/mol. The van der Waals surface area contributed by atoms with Gasteiger partial charge in [-0.25, -0.2) is 0 Å². The van der Waals surface area contributed by atoms with Crippen molar-refractivity contribution in [1.82, 2.24) is 0 Å². The molecule has 1 saturated carbocycles. The van der Waals surface area contributed by atoms with E-state index in [4.69, 9.17) is 9.47 Å². The minimum Gasteiger partial charge on any atom is -0.466 e. The first-order chi connectivity index (χ1) is 7.72. The summed E-state index contributed by atoms with van der Waals surface area (Å²) in [6.45, 7) is 5.03. The molecule has 0 aliphatic heterocycles. The highest BCUT2D eigenvalue weighted by Crippen LogP contribution is 2.24. The average Bonchev–Trinajstić information content (AvgIpc) is 2.28. The van der Waals surface area contributed by atoms with Crippen LogP contribution in [0.15, 0.2) is 0 Å². The summed E-state index contributed by atoms with van der Waals surface area (Å²) in [4.78, 5) is 11.2. The third-order valence-corrected chi connectivity index (χ3v) is 3.10. The van der Waals surface area contributed by atoms with Crippen LogP contribution in [0.25, 0.3) is 0 Å². The highest BCUT2D eigenvalue weighted by molar-refractivity contribution is 5.69. The normalized spacial score (nSPS) is 19.4. The van der Waals surface area contributed by atoms with Gasteiger partial charge in [-0.3, -0.25) is 4.79 Å². The van der Waals surface area contributed by atoms with Gasteiger partial charge in [-0.1, -0.05) is 19.3 Å². The molecule has 0 aromatic rings. The third-order valence-electron chi connectivity index (χ3n) is 3.10. The van der Waals surface area contributed by atoms with E-state index < -0.39 is 0 Å². The van der Waals surface area contributed by atoms with Gasteiger partial charge < -0.3 is 9.47 Å². The van der Waals surface area contributed by atoms with Crippen molar-refractivity contribution in [2.24, 2.45) is 5.92 Å². The molecule has 0 heterocycles. The minimum atomic E-state index is -0.154. The maximum absolute atomic E-state index is 11.2. The number of rotatable bonds is 6. The number of carbonyl (C=O) groups is 1. The van der Waals surface area contributed by atoms with E-state index in [1.807, 2.05) is 13.8 Å². The fraction of sp³-hybridized carbons (Fsp3) is 0.923.